The van der Waals surface area contributed by atoms with Crippen LogP contribution in [0.5, 0.6) is 0 Å². The molecule has 2 amide bonds. The van der Waals surface area contributed by atoms with Gasteiger partial charge in [0.15, 0.2) is 11.9 Å². The summed E-state index contributed by atoms with van der Waals surface area (Å²) in [5, 5.41) is 13.8. The second kappa shape index (κ2) is 15.9. The molecule has 232 valence electrons. The lowest BCUT2D eigenvalue weighted by Crippen LogP contribution is -2.37. The second-order valence-electron chi connectivity index (χ2n) is 10.4. The quantitative estimate of drug-likeness (QED) is 0.313. The number of carbonyl (C=O) groups is 4. The van der Waals surface area contributed by atoms with Crippen LogP contribution in [0, 0.1) is 11.8 Å². The number of carbonyl (C=O) groups excluding carboxylic acids is 4. The third-order valence-corrected chi connectivity index (χ3v) is 8.06. The van der Waals surface area contributed by atoms with Crippen molar-refractivity contribution in [1.29, 1.82) is 0 Å². The number of aliphatic hydroxyl groups excluding tert-OH is 1. The zero-order valence-corrected chi connectivity index (χ0v) is 26.2. The first-order valence-electron chi connectivity index (χ1n) is 13.5. The number of ketones is 2. The molecule has 0 aromatic rings. The van der Waals surface area contributed by atoms with Gasteiger partial charge in [0.2, 0.25) is 11.6 Å². The van der Waals surface area contributed by atoms with E-state index in [4.69, 9.17) is 24.7 Å². The molecule has 0 saturated heterocycles. The zero-order chi connectivity index (χ0) is 31.7. The molecule has 0 fully saturated rings. The van der Waals surface area contributed by atoms with Crippen molar-refractivity contribution in [2.24, 2.45) is 17.6 Å². The first kappa shape index (κ1) is 35.0. The van der Waals surface area contributed by atoms with Gasteiger partial charge in [-0.25, -0.2) is 4.79 Å². The molecule has 2 rings (SSSR count). The number of amides is 2. The molecular formula is C30H42N2O9S. The normalized spacial score (nSPS) is 32.0. The van der Waals surface area contributed by atoms with Crippen LogP contribution in [0.3, 0.4) is 0 Å². The van der Waals surface area contributed by atoms with Gasteiger partial charge in [-0.15, -0.1) is 11.8 Å². The number of thioether (sulfide) groups is 1. The van der Waals surface area contributed by atoms with Crippen molar-refractivity contribution >= 4 is 35.3 Å². The molecule has 0 saturated carbocycles. The van der Waals surface area contributed by atoms with Gasteiger partial charge in [-0.3, -0.25) is 14.4 Å². The minimum absolute atomic E-state index is 0.0668. The molecule has 12 heteroatoms. The Labute approximate surface area is 251 Å². The smallest absolute Gasteiger partial charge is 0.405 e. The van der Waals surface area contributed by atoms with Crippen molar-refractivity contribution in [2.45, 2.75) is 65.0 Å². The topological polar surface area (TPSA) is 163 Å². The monoisotopic (exact) mass is 606 g/mol. The van der Waals surface area contributed by atoms with Crippen LogP contribution in [0.25, 0.3) is 0 Å². The van der Waals surface area contributed by atoms with Gasteiger partial charge in [0.05, 0.1) is 24.2 Å². The number of aliphatic hydroxyl groups is 1. The Balaban J connectivity index is 2.68. The highest BCUT2D eigenvalue weighted by molar-refractivity contribution is 8.03. The van der Waals surface area contributed by atoms with E-state index in [0.29, 0.717) is 12.0 Å². The third-order valence-electron chi connectivity index (χ3n) is 7.26. The van der Waals surface area contributed by atoms with Gasteiger partial charge in [0.1, 0.15) is 11.8 Å². The summed E-state index contributed by atoms with van der Waals surface area (Å²) in [5.41, 5.74) is 6.20. The summed E-state index contributed by atoms with van der Waals surface area (Å²) in [6, 6.07) is 0. The van der Waals surface area contributed by atoms with E-state index in [2.05, 4.69) is 5.32 Å². The Morgan fingerprint density at radius 2 is 1.76 bits per heavy atom. The minimum atomic E-state index is -1.00. The first-order valence-corrected chi connectivity index (χ1v) is 14.7. The van der Waals surface area contributed by atoms with Crippen molar-refractivity contribution in [1.82, 2.24) is 5.32 Å². The van der Waals surface area contributed by atoms with E-state index < -0.39 is 53.9 Å². The fourth-order valence-corrected chi connectivity index (χ4v) is 5.64. The average Bonchev–Trinajstić information content (AvgIpc) is 2.94. The number of primary amides is 1. The summed E-state index contributed by atoms with van der Waals surface area (Å²) in [6.07, 6.45) is 4.20. The molecule has 2 bridgehead atoms. The van der Waals surface area contributed by atoms with Crippen molar-refractivity contribution in [3.05, 3.63) is 57.4 Å². The van der Waals surface area contributed by atoms with Gasteiger partial charge >= 0.3 is 6.09 Å². The fourth-order valence-electron chi connectivity index (χ4n) is 5.02. The average molecular weight is 607 g/mol. The molecule has 1 heterocycles. The van der Waals surface area contributed by atoms with Gasteiger partial charge in [0.25, 0.3) is 5.91 Å². The molecule has 1 aliphatic heterocycles. The molecule has 6 atom stereocenters. The molecule has 0 aromatic heterocycles. The molecule has 0 aromatic carbocycles. The van der Waals surface area contributed by atoms with E-state index in [1.165, 1.54) is 27.4 Å². The maximum absolute atomic E-state index is 13.7. The molecule has 0 spiro atoms. The molecular weight excluding hydrogens is 564 g/mol. The number of ether oxygens (including phenoxy) is 4. The Morgan fingerprint density at radius 1 is 1.10 bits per heavy atom. The number of allylic oxidation sites excluding steroid dienone is 4. The van der Waals surface area contributed by atoms with E-state index in [9.17, 15) is 24.3 Å². The third kappa shape index (κ3) is 8.43. The Hall–Kier alpha value is -3.19. The highest BCUT2D eigenvalue weighted by atomic mass is 32.2. The van der Waals surface area contributed by atoms with Crippen LogP contribution >= 0.6 is 11.8 Å². The van der Waals surface area contributed by atoms with Crippen molar-refractivity contribution in [3.63, 3.8) is 0 Å². The molecule has 1 aliphatic carbocycles. The van der Waals surface area contributed by atoms with Crippen LogP contribution in [0.15, 0.2) is 57.4 Å². The van der Waals surface area contributed by atoms with Gasteiger partial charge in [-0.2, -0.15) is 0 Å². The van der Waals surface area contributed by atoms with Crippen molar-refractivity contribution in [3.8, 4) is 0 Å². The highest BCUT2D eigenvalue weighted by Crippen LogP contribution is 2.34. The van der Waals surface area contributed by atoms with E-state index >= 15 is 0 Å². The predicted molar refractivity (Wildman–Crippen MR) is 159 cm³/mol. The zero-order valence-electron chi connectivity index (χ0n) is 25.4. The van der Waals surface area contributed by atoms with E-state index in [-0.39, 0.29) is 39.8 Å². The Morgan fingerprint density at radius 3 is 2.31 bits per heavy atom. The molecule has 2 aliphatic rings. The highest BCUT2D eigenvalue weighted by Gasteiger charge is 2.38. The number of nitrogens with one attached hydrogen (secondary N) is 1. The number of fused-ring (bicyclic) bond motifs is 2. The summed E-state index contributed by atoms with van der Waals surface area (Å²) in [4.78, 5) is 51.9. The van der Waals surface area contributed by atoms with Crippen LogP contribution in [-0.2, 0) is 33.3 Å². The van der Waals surface area contributed by atoms with Crippen molar-refractivity contribution < 1.29 is 43.2 Å². The Bertz CT molecular complexity index is 1220. The predicted octanol–water partition coefficient (Wildman–Crippen LogP) is 3.10. The number of Topliss-reactive ketones (excluding diaryl/α,β-unsaturated/α-hetero) is 2. The first-order chi connectivity index (χ1) is 19.8. The molecule has 0 unspecified atom stereocenters. The Kier molecular flexibility index (Phi) is 13.2. The van der Waals surface area contributed by atoms with E-state index in [1.807, 2.05) is 6.92 Å². The maximum atomic E-state index is 13.7. The summed E-state index contributed by atoms with van der Waals surface area (Å²) >= 11 is 1.04. The van der Waals surface area contributed by atoms with Crippen LogP contribution in [-0.4, -0.2) is 80.7 Å². The molecule has 4 N–H and O–H groups in total. The lowest BCUT2D eigenvalue weighted by molar-refractivity contribution is -0.121. The number of nitrogens with two attached hydrogens (primary N) is 1. The van der Waals surface area contributed by atoms with Gasteiger partial charge in [0, 0.05) is 31.3 Å². The van der Waals surface area contributed by atoms with Gasteiger partial charge < -0.3 is 35.1 Å². The van der Waals surface area contributed by atoms with Crippen LogP contribution in [0.4, 0.5) is 4.79 Å². The summed E-state index contributed by atoms with van der Waals surface area (Å²) in [6.45, 7) is 6.95. The number of rotatable bonds is 5. The van der Waals surface area contributed by atoms with Gasteiger partial charge in [-0.05, 0) is 44.4 Å². The molecule has 42 heavy (non-hydrogen) atoms. The molecule has 0 radical (unpaired) electrons. The number of hydrogen-bond donors (Lipinski definition) is 3. The lowest BCUT2D eigenvalue weighted by atomic mass is 9.85. The van der Waals surface area contributed by atoms with Crippen molar-refractivity contribution in [2.75, 3.05) is 27.6 Å². The maximum Gasteiger partial charge on any atom is 0.405 e. The second-order valence-corrected chi connectivity index (χ2v) is 11.2. The minimum Gasteiger partial charge on any atom is -0.492 e. The number of methoxy groups -OCH3 is 3. The van der Waals surface area contributed by atoms with Gasteiger partial charge in [-0.1, -0.05) is 38.2 Å². The standard InChI is InChI=1S/C30H42N2O9S/c1-15-12-19-24(34)22(28(42-8)25(35)27(19)40-7)32-29(36)16(2)10-9-11-20(38-5)26(41-30(31)37)18(4)14-17(3)23(33)21(13-15)39-6/h9-11,14-15,17,20-21,23,26,33H,12-13H2,1-8H3,(H2,31,37)(H,32,36)/b11-9-,16-10+,18-14+/t15-,17+,20+,21+,23-,26+/m1/s1. The number of hydrogen-bond acceptors (Lipinski definition) is 10. The largest absolute Gasteiger partial charge is 0.492 e. The summed E-state index contributed by atoms with van der Waals surface area (Å²) in [7, 11) is 4.24. The molecule has 11 nitrogen and oxygen atoms in total. The fraction of sp³-hybridized carbons (Fsp3) is 0.533. The summed E-state index contributed by atoms with van der Waals surface area (Å²) < 4.78 is 21.9. The van der Waals surface area contributed by atoms with E-state index in [1.54, 1.807) is 45.3 Å². The van der Waals surface area contributed by atoms with E-state index in [0.717, 1.165) is 11.8 Å². The van der Waals surface area contributed by atoms with Crippen LogP contribution in [0.2, 0.25) is 0 Å². The van der Waals surface area contributed by atoms with Crippen LogP contribution in [0.1, 0.15) is 40.5 Å². The lowest BCUT2D eigenvalue weighted by Gasteiger charge is -2.30. The van der Waals surface area contributed by atoms with Crippen LogP contribution < -0.4 is 11.1 Å². The summed E-state index contributed by atoms with van der Waals surface area (Å²) in [5.74, 6) is -2.33. The SMILES string of the molecule is COC1=C2C[C@@H](C)C[C@H](OC)[C@H](O)[C@@H](C)/C=C(\C)[C@H](OC(N)=O)[C@@H](OC)/C=C\C=C(/C)C(=O)NC(=C(SC)C1=O)C2=O.